The molecule has 0 aromatic carbocycles. The van der Waals surface area contributed by atoms with E-state index >= 15 is 0 Å². The Morgan fingerprint density at radius 1 is 1.24 bits per heavy atom. The highest BCUT2D eigenvalue weighted by atomic mass is 16.5. The van der Waals surface area contributed by atoms with E-state index in [1.165, 1.54) is 25.7 Å². The summed E-state index contributed by atoms with van der Waals surface area (Å²) >= 11 is 0. The summed E-state index contributed by atoms with van der Waals surface area (Å²) in [5.74, 6) is 2.76. The average molecular weight is 465 g/mol. The fourth-order valence-corrected chi connectivity index (χ4v) is 5.10. The fourth-order valence-electron chi connectivity index (χ4n) is 5.10. The molecule has 1 aromatic rings. The minimum absolute atomic E-state index is 0.0182. The van der Waals surface area contributed by atoms with Crippen molar-refractivity contribution in [3.63, 3.8) is 0 Å². The second-order valence-corrected chi connectivity index (χ2v) is 9.56. The lowest BCUT2D eigenvalue weighted by atomic mass is 10.1. The van der Waals surface area contributed by atoms with Gasteiger partial charge in [-0.3, -0.25) is 4.79 Å². The van der Waals surface area contributed by atoms with Crippen LogP contribution in [0.25, 0.3) is 0 Å². The van der Waals surface area contributed by atoms with Gasteiger partial charge in [-0.2, -0.15) is 0 Å². The van der Waals surface area contributed by atoms with Crippen LogP contribution in [0.15, 0.2) is 48.1 Å². The first-order valence-electron chi connectivity index (χ1n) is 12.3. The predicted octanol–water partition coefficient (Wildman–Crippen LogP) is 4.11. The minimum atomic E-state index is -0.103. The van der Waals surface area contributed by atoms with Gasteiger partial charge in [-0.15, -0.1) is 0 Å². The molecule has 8 nitrogen and oxygen atoms in total. The fraction of sp³-hybridized carbons (Fsp3) is 0.500. The Balaban J connectivity index is 1.14. The Labute approximate surface area is 199 Å². The Morgan fingerprint density at radius 3 is 2.76 bits per heavy atom. The Bertz CT molecular complexity index is 1050. The van der Waals surface area contributed by atoms with E-state index in [0.717, 1.165) is 29.7 Å². The summed E-state index contributed by atoms with van der Waals surface area (Å²) in [6.07, 6.45) is 13.3. The quantitative estimate of drug-likeness (QED) is 0.450. The second-order valence-electron chi connectivity index (χ2n) is 9.56. The average Bonchev–Trinajstić information content (AvgIpc) is 3.45. The van der Waals surface area contributed by atoms with E-state index in [1.807, 2.05) is 19.1 Å². The molecule has 1 saturated heterocycles. The van der Waals surface area contributed by atoms with E-state index in [9.17, 15) is 9.59 Å². The van der Waals surface area contributed by atoms with Crippen molar-refractivity contribution in [3.05, 3.63) is 53.6 Å². The molecule has 0 bridgehead atoms. The van der Waals surface area contributed by atoms with Gasteiger partial charge in [0.1, 0.15) is 29.2 Å². The van der Waals surface area contributed by atoms with Gasteiger partial charge in [-0.25, -0.2) is 9.78 Å². The summed E-state index contributed by atoms with van der Waals surface area (Å²) in [6, 6.07) is 1.96. The lowest BCUT2D eigenvalue weighted by Crippen LogP contribution is -2.44. The zero-order valence-electron chi connectivity index (χ0n) is 19.6. The molecule has 5 rings (SSSR count). The highest BCUT2D eigenvalue weighted by Gasteiger charge is 2.60. The highest BCUT2D eigenvalue weighted by Crippen LogP contribution is 2.50. The molecule has 2 aliphatic carbocycles. The molecule has 3 heterocycles. The summed E-state index contributed by atoms with van der Waals surface area (Å²) in [5, 5.41) is 8.98. The summed E-state index contributed by atoms with van der Waals surface area (Å²) < 4.78 is 12.0. The minimum Gasteiger partial charge on any atom is -0.487 e. The van der Waals surface area contributed by atoms with Crippen LogP contribution in [-0.2, 0) is 16.0 Å². The van der Waals surface area contributed by atoms with Crippen LogP contribution in [0.2, 0.25) is 0 Å². The number of rotatable bonds is 5. The van der Waals surface area contributed by atoms with Crippen LogP contribution in [0.4, 0.5) is 10.6 Å². The lowest BCUT2D eigenvalue weighted by Gasteiger charge is -2.19. The predicted molar refractivity (Wildman–Crippen MR) is 128 cm³/mol. The number of anilines is 1. The van der Waals surface area contributed by atoms with Gasteiger partial charge in [0, 0.05) is 24.2 Å². The smallest absolute Gasteiger partial charge is 0.315 e. The highest BCUT2D eigenvalue weighted by molar-refractivity contribution is 5.93. The van der Waals surface area contributed by atoms with Gasteiger partial charge >= 0.3 is 6.03 Å². The van der Waals surface area contributed by atoms with Gasteiger partial charge in [0.15, 0.2) is 0 Å². The molecule has 0 radical (unpaired) electrons. The van der Waals surface area contributed by atoms with Crippen LogP contribution in [0.3, 0.4) is 0 Å². The molecule has 34 heavy (non-hydrogen) atoms. The van der Waals surface area contributed by atoms with E-state index in [0.29, 0.717) is 30.2 Å². The number of aromatic nitrogens is 1. The van der Waals surface area contributed by atoms with Gasteiger partial charge in [0.05, 0.1) is 12.0 Å². The molecular formula is C26H32N4O4. The van der Waals surface area contributed by atoms with Crippen LogP contribution in [0.5, 0.6) is 5.75 Å². The molecule has 8 heteroatoms. The number of amides is 3. The van der Waals surface area contributed by atoms with E-state index in [1.54, 1.807) is 12.3 Å². The number of carbonyl (C=O) groups is 2. The number of hydrogen-bond donors (Lipinski definition) is 3. The SMILES string of the molecule is C=C1/C(=C\C=C(/C)Oc2ccnc3c2CCC(=O)N3)O[C@@H]2[C@@H](NC(=O)NC3CCCCCC3)[C@H]12. The molecule has 3 atom stereocenters. The molecular weight excluding hydrogens is 432 g/mol. The standard InChI is InChI=1S/C26H32N4O4/c1-15(33-20-13-14-27-25-18(20)10-12-21(31)29-25)9-11-19-16(2)22-23(24(22)34-19)30-26(32)28-17-7-5-3-4-6-8-17/h9,11,13-14,17,22-24H,2-8,10,12H2,1H3,(H,27,29,31)(H2,28,30,32)/b15-9+,19-11+/t22-,23-,24-/m0/s1. The van der Waals surface area contributed by atoms with E-state index in [-0.39, 0.29) is 36.0 Å². The van der Waals surface area contributed by atoms with Crippen molar-refractivity contribution in [2.24, 2.45) is 5.92 Å². The number of fused-ring (bicyclic) bond motifs is 2. The van der Waals surface area contributed by atoms with E-state index in [2.05, 4.69) is 27.5 Å². The number of nitrogens with zero attached hydrogens (tertiary/aromatic N) is 1. The summed E-state index contributed by atoms with van der Waals surface area (Å²) in [5.41, 5.74) is 1.80. The molecule has 2 aliphatic heterocycles. The van der Waals surface area contributed by atoms with Crippen LogP contribution in [0.1, 0.15) is 57.4 Å². The van der Waals surface area contributed by atoms with Gasteiger partial charge < -0.3 is 25.4 Å². The van der Waals surface area contributed by atoms with E-state index in [4.69, 9.17) is 9.47 Å². The first kappa shape index (κ1) is 22.5. The third-order valence-electron chi connectivity index (χ3n) is 7.04. The number of urea groups is 1. The van der Waals surface area contributed by atoms with Crippen molar-refractivity contribution in [2.75, 3.05) is 5.32 Å². The van der Waals surface area contributed by atoms with Crippen LogP contribution in [0, 0.1) is 5.92 Å². The number of hydrogen-bond acceptors (Lipinski definition) is 5. The van der Waals surface area contributed by atoms with Gasteiger partial charge in [-0.05, 0) is 50.0 Å². The van der Waals surface area contributed by atoms with Crippen LogP contribution < -0.4 is 20.7 Å². The molecule has 0 unspecified atom stereocenters. The molecule has 1 aromatic heterocycles. The van der Waals surface area contributed by atoms with E-state index < -0.39 is 0 Å². The van der Waals surface area contributed by atoms with Crippen molar-refractivity contribution in [3.8, 4) is 5.75 Å². The first-order chi connectivity index (χ1) is 16.5. The molecule has 4 aliphatic rings. The number of nitrogens with one attached hydrogen (secondary N) is 3. The zero-order chi connectivity index (χ0) is 23.7. The molecule has 3 N–H and O–H groups in total. The molecule has 2 saturated carbocycles. The second kappa shape index (κ2) is 9.52. The van der Waals surface area contributed by atoms with Crippen molar-refractivity contribution < 1.29 is 19.1 Å². The maximum Gasteiger partial charge on any atom is 0.315 e. The topological polar surface area (TPSA) is 102 Å². The molecule has 180 valence electrons. The maximum atomic E-state index is 12.4. The number of carbonyl (C=O) groups excluding carboxylic acids is 2. The van der Waals surface area contributed by atoms with Gasteiger partial charge in [-0.1, -0.05) is 32.3 Å². The summed E-state index contributed by atoms with van der Waals surface area (Å²) in [4.78, 5) is 28.2. The van der Waals surface area contributed by atoms with Crippen LogP contribution >= 0.6 is 0 Å². The van der Waals surface area contributed by atoms with Crippen molar-refractivity contribution in [2.45, 2.75) is 76.5 Å². The largest absolute Gasteiger partial charge is 0.487 e. The van der Waals surface area contributed by atoms with Crippen molar-refractivity contribution in [1.29, 1.82) is 0 Å². The third kappa shape index (κ3) is 4.81. The molecule has 0 spiro atoms. The summed E-state index contributed by atoms with van der Waals surface area (Å²) in [7, 11) is 0. The lowest BCUT2D eigenvalue weighted by molar-refractivity contribution is -0.116. The Morgan fingerprint density at radius 2 is 2.03 bits per heavy atom. The monoisotopic (exact) mass is 464 g/mol. The normalized spacial score (nSPS) is 27.7. The van der Waals surface area contributed by atoms with Crippen molar-refractivity contribution in [1.82, 2.24) is 15.6 Å². The summed E-state index contributed by atoms with van der Waals surface area (Å²) in [6.45, 7) is 6.05. The number of ether oxygens (including phenoxy) is 2. The van der Waals surface area contributed by atoms with Crippen molar-refractivity contribution >= 4 is 17.8 Å². The number of pyridine rings is 1. The number of allylic oxidation sites excluding steroid dienone is 4. The van der Waals surface area contributed by atoms with Crippen LogP contribution in [-0.4, -0.2) is 35.1 Å². The molecule has 3 fully saturated rings. The zero-order valence-corrected chi connectivity index (χ0v) is 19.6. The Kier molecular flexibility index (Phi) is 6.30. The first-order valence-corrected chi connectivity index (χ1v) is 12.3. The Hall–Kier alpha value is -3.29. The van der Waals surface area contributed by atoms with Gasteiger partial charge in [0.2, 0.25) is 5.91 Å². The molecule has 3 amide bonds. The van der Waals surface area contributed by atoms with Gasteiger partial charge in [0.25, 0.3) is 0 Å². The third-order valence-corrected chi connectivity index (χ3v) is 7.04. The maximum absolute atomic E-state index is 12.4.